The van der Waals surface area contributed by atoms with Crippen molar-refractivity contribution < 1.29 is 19.2 Å². The number of amides is 2. The van der Waals surface area contributed by atoms with E-state index in [0.29, 0.717) is 21.9 Å². The van der Waals surface area contributed by atoms with Crippen LogP contribution in [0.2, 0.25) is 5.02 Å². The minimum absolute atomic E-state index is 0.0193. The van der Waals surface area contributed by atoms with Gasteiger partial charge in [-0.15, -0.1) is 0 Å². The lowest BCUT2D eigenvalue weighted by Crippen LogP contribution is -2.27. The molecule has 1 aliphatic rings. The average Bonchev–Trinajstić information content (AvgIpc) is 3.17. The van der Waals surface area contributed by atoms with Gasteiger partial charge in [-0.3, -0.25) is 24.6 Å². The molecule has 0 atom stereocenters. The number of rotatable bonds is 7. The van der Waals surface area contributed by atoms with Crippen LogP contribution in [-0.4, -0.2) is 21.0 Å². The summed E-state index contributed by atoms with van der Waals surface area (Å²) in [6.45, 7) is 0.240. The van der Waals surface area contributed by atoms with E-state index in [1.807, 2.05) is 30.3 Å². The predicted molar refractivity (Wildman–Crippen MR) is 144 cm³/mol. The number of thioether (sulfide) groups is 1. The molecule has 2 amide bonds. The molecule has 5 rings (SSSR count). The highest BCUT2D eigenvalue weighted by atomic mass is 35.5. The molecular formula is C28H19ClN2O5S. The van der Waals surface area contributed by atoms with Gasteiger partial charge in [-0.2, -0.15) is 0 Å². The average molecular weight is 531 g/mol. The molecule has 0 spiro atoms. The van der Waals surface area contributed by atoms with Crippen LogP contribution < -0.4 is 4.74 Å². The highest BCUT2D eigenvalue weighted by Gasteiger charge is 2.35. The number of carbonyl (C=O) groups excluding carboxylic acids is 2. The largest absolute Gasteiger partial charge is 0.488 e. The van der Waals surface area contributed by atoms with Gasteiger partial charge in [0.1, 0.15) is 12.4 Å². The summed E-state index contributed by atoms with van der Waals surface area (Å²) in [5.41, 5.74) is 2.06. The summed E-state index contributed by atoms with van der Waals surface area (Å²) in [5.74, 6) is 0.109. The molecule has 37 heavy (non-hydrogen) atoms. The standard InChI is InChI=1S/C28H19ClN2O5S/c29-21-11-8-18(9-12-21)16-30-27(32)26(37-28(30)33)15-24-23-7-2-1-5-20(23)10-13-25(24)36-17-19-4-3-6-22(14-19)31(34)35/h1-15H,16-17H2/b26-15+. The zero-order valence-electron chi connectivity index (χ0n) is 19.3. The zero-order valence-corrected chi connectivity index (χ0v) is 20.9. The van der Waals surface area contributed by atoms with Crippen LogP contribution in [0.15, 0.2) is 89.8 Å². The van der Waals surface area contributed by atoms with E-state index >= 15 is 0 Å². The van der Waals surface area contributed by atoms with Crippen molar-refractivity contribution in [1.29, 1.82) is 0 Å². The number of fused-ring (bicyclic) bond motifs is 1. The van der Waals surface area contributed by atoms with Crippen LogP contribution in [0.4, 0.5) is 10.5 Å². The topological polar surface area (TPSA) is 89.7 Å². The summed E-state index contributed by atoms with van der Waals surface area (Å²) in [5, 5.41) is 13.1. The van der Waals surface area contributed by atoms with Crippen LogP contribution in [0.1, 0.15) is 16.7 Å². The molecule has 4 aromatic rings. The first-order valence-electron chi connectivity index (χ1n) is 11.3. The van der Waals surface area contributed by atoms with E-state index in [4.69, 9.17) is 16.3 Å². The van der Waals surface area contributed by atoms with Gasteiger partial charge in [-0.1, -0.05) is 66.2 Å². The monoisotopic (exact) mass is 530 g/mol. The Bertz CT molecular complexity index is 1570. The van der Waals surface area contributed by atoms with Crippen molar-refractivity contribution in [2.45, 2.75) is 13.2 Å². The molecule has 184 valence electrons. The number of nitro benzene ring substituents is 1. The van der Waals surface area contributed by atoms with Crippen molar-refractivity contribution in [2.24, 2.45) is 0 Å². The Balaban J connectivity index is 1.46. The third-order valence-electron chi connectivity index (χ3n) is 5.85. The fourth-order valence-corrected chi connectivity index (χ4v) is 4.96. The van der Waals surface area contributed by atoms with Crippen LogP contribution >= 0.6 is 23.4 Å². The molecule has 4 aromatic carbocycles. The van der Waals surface area contributed by atoms with E-state index in [-0.39, 0.29) is 34.9 Å². The Morgan fingerprint density at radius 2 is 1.73 bits per heavy atom. The number of nitro groups is 1. The van der Waals surface area contributed by atoms with Gasteiger partial charge in [-0.05, 0) is 57.9 Å². The molecule has 0 saturated carbocycles. The Kier molecular flexibility index (Phi) is 6.94. The van der Waals surface area contributed by atoms with Gasteiger partial charge in [0.2, 0.25) is 0 Å². The quantitative estimate of drug-likeness (QED) is 0.142. The fraction of sp³-hybridized carbons (Fsp3) is 0.0714. The molecule has 1 saturated heterocycles. The molecule has 9 heteroatoms. The summed E-state index contributed by atoms with van der Waals surface area (Å²) in [6.07, 6.45) is 1.68. The molecule has 1 aliphatic heterocycles. The summed E-state index contributed by atoms with van der Waals surface area (Å²) in [4.78, 5) is 38.1. The third kappa shape index (κ3) is 5.35. The van der Waals surface area contributed by atoms with Crippen molar-refractivity contribution in [1.82, 2.24) is 4.90 Å². The fourth-order valence-electron chi connectivity index (χ4n) is 4.01. The Labute approximate surface area is 221 Å². The maximum atomic E-state index is 13.2. The van der Waals surface area contributed by atoms with E-state index in [1.54, 1.807) is 48.5 Å². The number of nitrogens with zero attached hydrogens (tertiary/aromatic N) is 2. The van der Waals surface area contributed by atoms with Crippen LogP contribution in [0.3, 0.4) is 0 Å². The number of ether oxygens (including phenoxy) is 1. The van der Waals surface area contributed by atoms with Gasteiger partial charge in [0.25, 0.3) is 16.8 Å². The molecule has 0 radical (unpaired) electrons. The molecule has 0 aliphatic carbocycles. The molecular weight excluding hydrogens is 512 g/mol. The third-order valence-corrected chi connectivity index (χ3v) is 7.01. The van der Waals surface area contributed by atoms with Gasteiger partial charge < -0.3 is 4.74 Å². The summed E-state index contributed by atoms with van der Waals surface area (Å²) in [7, 11) is 0. The molecule has 1 heterocycles. The summed E-state index contributed by atoms with van der Waals surface area (Å²) < 4.78 is 6.07. The molecule has 1 fully saturated rings. The number of imide groups is 1. The van der Waals surface area contributed by atoms with Crippen LogP contribution in [-0.2, 0) is 17.9 Å². The molecule has 0 N–H and O–H groups in total. The van der Waals surface area contributed by atoms with E-state index in [9.17, 15) is 19.7 Å². The summed E-state index contributed by atoms with van der Waals surface area (Å²) >= 11 is 6.82. The van der Waals surface area contributed by atoms with Crippen molar-refractivity contribution in [2.75, 3.05) is 0 Å². The Morgan fingerprint density at radius 3 is 2.51 bits per heavy atom. The lowest BCUT2D eigenvalue weighted by molar-refractivity contribution is -0.384. The smallest absolute Gasteiger partial charge is 0.293 e. The van der Waals surface area contributed by atoms with Gasteiger partial charge >= 0.3 is 0 Å². The second-order valence-corrected chi connectivity index (χ2v) is 9.74. The van der Waals surface area contributed by atoms with Gasteiger partial charge in [0.05, 0.1) is 16.4 Å². The maximum absolute atomic E-state index is 13.2. The molecule has 0 aromatic heterocycles. The van der Waals surface area contributed by atoms with E-state index in [0.717, 1.165) is 28.1 Å². The minimum Gasteiger partial charge on any atom is -0.488 e. The normalized spacial score (nSPS) is 14.5. The van der Waals surface area contributed by atoms with Crippen LogP contribution in [0, 0.1) is 10.1 Å². The van der Waals surface area contributed by atoms with E-state index in [1.165, 1.54) is 17.0 Å². The molecule has 0 bridgehead atoms. The molecule has 0 unspecified atom stereocenters. The first-order valence-corrected chi connectivity index (χ1v) is 12.5. The van der Waals surface area contributed by atoms with E-state index in [2.05, 4.69) is 0 Å². The summed E-state index contributed by atoms with van der Waals surface area (Å²) in [6, 6.07) is 24.6. The minimum atomic E-state index is -0.453. The maximum Gasteiger partial charge on any atom is 0.293 e. The second-order valence-electron chi connectivity index (χ2n) is 8.31. The number of hydrogen-bond acceptors (Lipinski definition) is 6. The van der Waals surface area contributed by atoms with Crippen molar-refractivity contribution >= 4 is 57.0 Å². The highest BCUT2D eigenvalue weighted by molar-refractivity contribution is 8.18. The van der Waals surface area contributed by atoms with Gasteiger partial charge in [-0.25, -0.2) is 0 Å². The Morgan fingerprint density at radius 1 is 0.946 bits per heavy atom. The lowest BCUT2D eigenvalue weighted by Gasteiger charge is -2.13. The first kappa shape index (κ1) is 24.5. The van der Waals surface area contributed by atoms with Crippen LogP contribution in [0.5, 0.6) is 5.75 Å². The second kappa shape index (κ2) is 10.5. The lowest BCUT2D eigenvalue weighted by atomic mass is 10.0. The first-order chi connectivity index (χ1) is 17.9. The number of benzene rings is 4. The van der Waals surface area contributed by atoms with Crippen molar-refractivity contribution in [3.05, 3.63) is 122 Å². The van der Waals surface area contributed by atoms with Gasteiger partial charge in [0, 0.05) is 22.7 Å². The predicted octanol–water partition coefficient (Wildman–Crippen LogP) is 7.22. The highest BCUT2D eigenvalue weighted by Crippen LogP contribution is 2.37. The van der Waals surface area contributed by atoms with Crippen molar-refractivity contribution in [3.8, 4) is 5.75 Å². The molecule has 7 nitrogen and oxygen atoms in total. The zero-order chi connectivity index (χ0) is 25.9. The van der Waals surface area contributed by atoms with Crippen molar-refractivity contribution in [3.63, 3.8) is 0 Å². The number of hydrogen-bond donors (Lipinski definition) is 0. The van der Waals surface area contributed by atoms with Crippen LogP contribution in [0.25, 0.3) is 16.8 Å². The SMILES string of the molecule is O=C1S/C(=C/c2c(OCc3cccc([N+](=O)[O-])c3)ccc3ccccc23)C(=O)N1Cc1ccc(Cl)cc1. The Hall–Kier alpha value is -4.14. The number of halogens is 1. The van der Waals surface area contributed by atoms with E-state index < -0.39 is 4.92 Å². The number of carbonyl (C=O) groups is 2. The van der Waals surface area contributed by atoms with Gasteiger partial charge in [0.15, 0.2) is 0 Å². The number of non-ortho nitro benzene ring substituents is 1.